The first-order valence-corrected chi connectivity index (χ1v) is 7.15. The van der Waals surface area contributed by atoms with Gasteiger partial charge in [-0.2, -0.15) is 0 Å². The van der Waals surface area contributed by atoms with Gasteiger partial charge in [-0.1, -0.05) is 43.5 Å². The van der Waals surface area contributed by atoms with Crippen molar-refractivity contribution in [1.82, 2.24) is 0 Å². The van der Waals surface area contributed by atoms with Gasteiger partial charge in [0.2, 0.25) is 0 Å². The largest absolute Gasteiger partial charge is 0.321 e. The molecule has 0 saturated carbocycles. The Balaban J connectivity index is 2.28. The molecule has 0 aliphatic carbocycles. The number of nitrogens with one attached hydrogen (secondary N) is 1. The number of carbonyl (C=O) groups is 1. The minimum Gasteiger partial charge on any atom is -0.321 e. The molecule has 98 valence electrons. The number of amides is 1. The van der Waals surface area contributed by atoms with E-state index in [-0.39, 0.29) is 5.56 Å². The van der Waals surface area contributed by atoms with Gasteiger partial charge in [0, 0.05) is 8.95 Å². The highest BCUT2D eigenvalue weighted by Crippen LogP contribution is 2.26. The number of carbonyl (C=O) groups excluding carboxylic acids is 1. The lowest BCUT2D eigenvalue weighted by atomic mass is 10.2. The molecular formula is C13H7Br2ClFNO. The smallest absolute Gasteiger partial charge is 0.258 e. The molecule has 1 amide bonds. The lowest BCUT2D eigenvalue weighted by Gasteiger charge is -2.08. The molecule has 2 aromatic carbocycles. The summed E-state index contributed by atoms with van der Waals surface area (Å²) in [5.74, 6) is -1.14. The van der Waals surface area contributed by atoms with E-state index in [4.69, 9.17) is 11.6 Å². The lowest BCUT2D eigenvalue weighted by Crippen LogP contribution is -2.14. The molecule has 0 saturated heterocycles. The molecule has 19 heavy (non-hydrogen) atoms. The first-order valence-electron chi connectivity index (χ1n) is 5.19. The summed E-state index contributed by atoms with van der Waals surface area (Å²) in [6.07, 6.45) is 0. The predicted molar refractivity (Wildman–Crippen MR) is 81.2 cm³/mol. The molecule has 0 radical (unpaired) electrons. The third kappa shape index (κ3) is 3.55. The van der Waals surface area contributed by atoms with E-state index in [1.165, 1.54) is 18.2 Å². The molecule has 0 aromatic heterocycles. The average molecular weight is 407 g/mol. The van der Waals surface area contributed by atoms with Crippen molar-refractivity contribution in [3.63, 3.8) is 0 Å². The summed E-state index contributed by atoms with van der Waals surface area (Å²) in [6.45, 7) is 0. The van der Waals surface area contributed by atoms with Crippen LogP contribution in [0.5, 0.6) is 0 Å². The number of rotatable bonds is 2. The van der Waals surface area contributed by atoms with Crippen LogP contribution < -0.4 is 5.32 Å². The molecule has 2 nitrogen and oxygen atoms in total. The molecule has 0 bridgehead atoms. The SMILES string of the molecule is O=C(Nc1ccc(Br)cc1Cl)c1cc(Br)ccc1F. The van der Waals surface area contributed by atoms with Crippen LogP contribution in [0.3, 0.4) is 0 Å². The summed E-state index contributed by atoms with van der Waals surface area (Å²) in [5, 5.41) is 2.94. The molecule has 0 atom stereocenters. The van der Waals surface area contributed by atoms with Crippen LogP contribution in [0, 0.1) is 5.82 Å². The predicted octanol–water partition coefficient (Wildman–Crippen LogP) is 5.26. The molecular weight excluding hydrogens is 400 g/mol. The van der Waals surface area contributed by atoms with Crippen molar-refractivity contribution < 1.29 is 9.18 Å². The Hall–Kier alpha value is -0.910. The molecule has 2 rings (SSSR count). The summed E-state index contributed by atoms with van der Waals surface area (Å²) in [5.41, 5.74) is 0.377. The van der Waals surface area contributed by atoms with Crippen LogP contribution in [0.15, 0.2) is 45.3 Å². The first-order chi connectivity index (χ1) is 8.97. The minimum absolute atomic E-state index is 0.0478. The maximum absolute atomic E-state index is 13.6. The van der Waals surface area contributed by atoms with E-state index in [2.05, 4.69) is 37.2 Å². The highest BCUT2D eigenvalue weighted by Gasteiger charge is 2.13. The Labute approximate surface area is 131 Å². The van der Waals surface area contributed by atoms with Crippen LogP contribution in [-0.4, -0.2) is 5.91 Å². The third-order valence-electron chi connectivity index (χ3n) is 2.35. The zero-order chi connectivity index (χ0) is 14.0. The van der Waals surface area contributed by atoms with Gasteiger partial charge in [-0.3, -0.25) is 4.79 Å². The van der Waals surface area contributed by atoms with Gasteiger partial charge in [-0.05, 0) is 36.4 Å². The van der Waals surface area contributed by atoms with Crippen molar-refractivity contribution in [1.29, 1.82) is 0 Å². The fraction of sp³-hybridized carbons (Fsp3) is 0. The quantitative estimate of drug-likeness (QED) is 0.723. The van der Waals surface area contributed by atoms with Gasteiger partial charge in [0.05, 0.1) is 16.3 Å². The Morgan fingerprint density at radius 2 is 1.74 bits per heavy atom. The van der Waals surface area contributed by atoms with Gasteiger partial charge in [0.1, 0.15) is 5.82 Å². The molecule has 0 aliphatic heterocycles. The number of benzene rings is 2. The van der Waals surface area contributed by atoms with E-state index < -0.39 is 11.7 Å². The molecule has 1 N–H and O–H groups in total. The third-order valence-corrected chi connectivity index (χ3v) is 3.65. The second kappa shape index (κ2) is 6.03. The maximum atomic E-state index is 13.6. The Kier molecular flexibility index (Phi) is 4.60. The zero-order valence-corrected chi connectivity index (χ0v) is 13.3. The number of halogens is 4. The monoisotopic (exact) mass is 405 g/mol. The zero-order valence-electron chi connectivity index (χ0n) is 9.38. The topological polar surface area (TPSA) is 29.1 Å². The average Bonchev–Trinajstić information content (AvgIpc) is 2.35. The van der Waals surface area contributed by atoms with Gasteiger partial charge < -0.3 is 5.32 Å². The highest BCUT2D eigenvalue weighted by molar-refractivity contribution is 9.10. The Bertz CT molecular complexity index is 649. The summed E-state index contributed by atoms with van der Waals surface area (Å²) in [4.78, 5) is 12.0. The fourth-order valence-electron chi connectivity index (χ4n) is 1.45. The molecule has 0 unspecified atom stereocenters. The molecule has 0 heterocycles. The van der Waals surface area contributed by atoms with Gasteiger partial charge in [-0.15, -0.1) is 0 Å². The summed E-state index contributed by atoms with van der Waals surface area (Å²) >= 11 is 12.4. The molecule has 0 spiro atoms. The van der Waals surface area contributed by atoms with E-state index in [0.29, 0.717) is 15.2 Å². The Morgan fingerprint density at radius 3 is 2.42 bits per heavy atom. The lowest BCUT2D eigenvalue weighted by molar-refractivity contribution is 0.102. The number of hydrogen-bond acceptors (Lipinski definition) is 1. The fourth-order valence-corrected chi connectivity index (χ4v) is 2.53. The second-order valence-corrected chi connectivity index (χ2v) is 5.94. The number of anilines is 1. The van der Waals surface area contributed by atoms with E-state index in [1.807, 2.05) is 0 Å². The van der Waals surface area contributed by atoms with Crippen molar-refractivity contribution in [2.24, 2.45) is 0 Å². The van der Waals surface area contributed by atoms with Crippen molar-refractivity contribution >= 4 is 55.1 Å². The number of hydrogen-bond donors (Lipinski definition) is 1. The summed E-state index contributed by atoms with van der Waals surface area (Å²) in [7, 11) is 0. The van der Waals surface area contributed by atoms with Crippen LogP contribution in [0.1, 0.15) is 10.4 Å². The van der Waals surface area contributed by atoms with Crippen LogP contribution >= 0.6 is 43.5 Å². The van der Waals surface area contributed by atoms with E-state index in [0.717, 1.165) is 4.47 Å². The van der Waals surface area contributed by atoms with E-state index in [1.54, 1.807) is 18.2 Å². The molecule has 0 aliphatic rings. The molecule has 0 fully saturated rings. The van der Waals surface area contributed by atoms with Crippen LogP contribution in [0.4, 0.5) is 10.1 Å². The summed E-state index contributed by atoms with van der Waals surface area (Å²) < 4.78 is 15.0. The van der Waals surface area contributed by atoms with Gasteiger partial charge in [0.15, 0.2) is 0 Å². The van der Waals surface area contributed by atoms with E-state index in [9.17, 15) is 9.18 Å². The molecule has 6 heteroatoms. The van der Waals surface area contributed by atoms with Gasteiger partial charge in [0.25, 0.3) is 5.91 Å². The first kappa shape index (κ1) is 14.5. The minimum atomic E-state index is -0.589. The molecule has 2 aromatic rings. The van der Waals surface area contributed by atoms with Gasteiger partial charge in [-0.25, -0.2) is 4.39 Å². The van der Waals surface area contributed by atoms with Crippen molar-refractivity contribution in [2.45, 2.75) is 0 Å². The van der Waals surface area contributed by atoms with Crippen molar-refractivity contribution in [2.75, 3.05) is 5.32 Å². The van der Waals surface area contributed by atoms with E-state index >= 15 is 0 Å². The maximum Gasteiger partial charge on any atom is 0.258 e. The second-order valence-electron chi connectivity index (χ2n) is 3.70. The van der Waals surface area contributed by atoms with Crippen molar-refractivity contribution in [3.05, 3.63) is 61.7 Å². The standard InChI is InChI=1S/C13H7Br2ClFNO/c14-7-1-3-11(17)9(5-7)13(19)18-12-4-2-8(15)6-10(12)16/h1-6H,(H,18,19). The summed E-state index contributed by atoms with van der Waals surface area (Å²) in [6, 6.07) is 9.19. The van der Waals surface area contributed by atoms with Crippen molar-refractivity contribution in [3.8, 4) is 0 Å². The normalized spacial score (nSPS) is 10.3. The van der Waals surface area contributed by atoms with Crippen LogP contribution in [0.25, 0.3) is 0 Å². The van der Waals surface area contributed by atoms with Crippen LogP contribution in [0.2, 0.25) is 5.02 Å². The highest BCUT2D eigenvalue weighted by atomic mass is 79.9. The van der Waals surface area contributed by atoms with Gasteiger partial charge >= 0.3 is 0 Å². The van der Waals surface area contributed by atoms with Crippen LogP contribution in [-0.2, 0) is 0 Å². The Morgan fingerprint density at radius 1 is 1.11 bits per heavy atom.